The van der Waals surface area contributed by atoms with Crippen LogP contribution in [0.3, 0.4) is 0 Å². The maximum atomic E-state index is 2.50. The lowest BCUT2D eigenvalue weighted by atomic mass is 9.70. The van der Waals surface area contributed by atoms with Gasteiger partial charge in [0.25, 0.3) is 0 Å². The summed E-state index contributed by atoms with van der Waals surface area (Å²) >= 11 is 0. The van der Waals surface area contributed by atoms with E-state index in [2.05, 4.69) is 265 Å². The predicted octanol–water partition coefficient (Wildman–Crippen LogP) is 16.3. The maximum absolute atomic E-state index is 2.50. The highest BCUT2D eigenvalue weighted by Crippen LogP contribution is 2.65. The second-order valence-electron chi connectivity index (χ2n) is 16.4. The van der Waals surface area contributed by atoms with Crippen molar-refractivity contribution in [3.8, 4) is 44.5 Å². The third kappa shape index (κ3) is 5.87. The summed E-state index contributed by atoms with van der Waals surface area (Å²) in [6.07, 6.45) is 0. The molecule has 10 aromatic rings. The Balaban J connectivity index is 1.12. The summed E-state index contributed by atoms with van der Waals surface area (Å²) in [5.74, 6) is 0. The van der Waals surface area contributed by atoms with E-state index in [0.29, 0.717) is 0 Å². The van der Waals surface area contributed by atoms with E-state index in [4.69, 9.17) is 0 Å². The Labute approximate surface area is 369 Å². The van der Waals surface area contributed by atoms with Gasteiger partial charge in [-0.05, 0) is 122 Å². The van der Waals surface area contributed by atoms with Crippen LogP contribution in [0.2, 0.25) is 0 Å². The van der Waals surface area contributed by atoms with Crippen LogP contribution in [0, 0.1) is 0 Å². The Morgan fingerprint density at radius 1 is 0.238 bits per heavy atom. The monoisotopic (exact) mass is 802 g/mol. The van der Waals surface area contributed by atoms with E-state index >= 15 is 0 Å². The maximum Gasteiger partial charge on any atom is 0.0727 e. The molecule has 0 amide bonds. The normalized spacial score (nSPS) is 12.6. The van der Waals surface area contributed by atoms with Gasteiger partial charge in [0.2, 0.25) is 0 Å². The number of hydrogen-bond acceptors (Lipinski definition) is 2. The van der Waals surface area contributed by atoms with Crippen LogP contribution in [-0.2, 0) is 5.41 Å². The number of para-hydroxylation sites is 3. The van der Waals surface area contributed by atoms with Crippen LogP contribution < -0.4 is 9.80 Å². The summed E-state index contributed by atoms with van der Waals surface area (Å²) in [6, 6.07) is 93.2. The fraction of sp³-hybridized carbons (Fsp3) is 0.0164. The van der Waals surface area contributed by atoms with Crippen molar-refractivity contribution in [2.75, 3.05) is 9.80 Å². The fourth-order valence-corrected chi connectivity index (χ4v) is 10.4. The quantitative estimate of drug-likeness (QED) is 0.151. The molecule has 0 N–H and O–H groups in total. The average molecular weight is 803 g/mol. The van der Waals surface area contributed by atoms with Crippen LogP contribution in [0.25, 0.3) is 44.5 Å². The minimum Gasteiger partial charge on any atom is -0.310 e. The second-order valence-corrected chi connectivity index (χ2v) is 16.4. The third-order valence-corrected chi connectivity index (χ3v) is 13.1. The van der Waals surface area contributed by atoms with E-state index < -0.39 is 5.41 Å². The smallest absolute Gasteiger partial charge is 0.0727 e. The van der Waals surface area contributed by atoms with E-state index in [1.807, 2.05) is 0 Å². The molecule has 12 rings (SSSR count). The first kappa shape index (κ1) is 36.6. The van der Waals surface area contributed by atoms with Crippen molar-refractivity contribution >= 4 is 34.1 Å². The van der Waals surface area contributed by atoms with Crippen LogP contribution >= 0.6 is 0 Å². The summed E-state index contributed by atoms with van der Waals surface area (Å²) < 4.78 is 0. The van der Waals surface area contributed by atoms with Crippen molar-refractivity contribution in [2.45, 2.75) is 5.41 Å². The van der Waals surface area contributed by atoms with Crippen molar-refractivity contribution < 1.29 is 0 Å². The summed E-state index contributed by atoms with van der Waals surface area (Å²) in [4.78, 5) is 4.89. The highest BCUT2D eigenvalue weighted by Gasteiger charge is 2.52. The highest BCUT2D eigenvalue weighted by atomic mass is 15.2. The molecule has 10 aromatic carbocycles. The molecule has 2 aliphatic rings. The van der Waals surface area contributed by atoms with Crippen molar-refractivity contribution in [1.29, 1.82) is 0 Å². The molecule has 0 bridgehead atoms. The van der Waals surface area contributed by atoms with Crippen LogP contribution in [0.15, 0.2) is 255 Å². The fourth-order valence-electron chi connectivity index (χ4n) is 10.4. The third-order valence-electron chi connectivity index (χ3n) is 13.1. The SMILES string of the molecule is c1ccc(-c2ccc(-c3ccc(N(c4ccccc4)c4cc(N(c5ccccc5)c5ccccc5)c5c(c4)C4(c6ccccc6-c6ccccc64)c4ccccc4-5)cc3)cc2)cc1. The van der Waals surface area contributed by atoms with E-state index in [-0.39, 0.29) is 0 Å². The van der Waals surface area contributed by atoms with Crippen LogP contribution in [0.1, 0.15) is 22.3 Å². The molecule has 0 fully saturated rings. The summed E-state index contributed by atoms with van der Waals surface area (Å²) in [6.45, 7) is 0. The van der Waals surface area contributed by atoms with Gasteiger partial charge in [-0.3, -0.25) is 0 Å². The van der Waals surface area contributed by atoms with Crippen molar-refractivity contribution in [3.05, 3.63) is 277 Å². The second kappa shape index (κ2) is 15.1. The Bertz CT molecular complexity index is 3170. The molecule has 296 valence electrons. The van der Waals surface area contributed by atoms with Crippen molar-refractivity contribution in [1.82, 2.24) is 0 Å². The van der Waals surface area contributed by atoms with Gasteiger partial charge in [0, 0.05) is 34.0 Å². The first-order valence-corrected chi connectivity index (χ1v) is 21.8. The molecular formula is C61H42N2. The zero-order chi connectivity index (χ0) is 41.7. The van der Waals surface area contributed by atoms with E-state index in [9.17, 15) is 0 Å². The molecule has 0 radical (unpaired) electrons. The summed E-state index contributed by atoms with van der Waals surface area (Å²) in [5, 5.41) is 0. The topological polar surface area (TPSA) is 6.48 Å². The summed E-state index contributed by atoms with van der Waals surface area (Å²) in [5.41, 5.74) is 21.2. The molecule has 0 unspecified atom stereocenters. The van der Waals surface area contributed by atoms with Gasteiger partial charge in [-0.15, -0.1) is 0 Å². The number of hydrogen-bond donors (Lipinski definition) is 0. The Morgan fingerprint density at radius 2 is 0.587 bits per heavy atom. The lowest BCUT2D eigenvalue weighted by molar-refractivity contribution is 0.793. The van der Waals surface area contributed by atoms with E-state index in [0.717, 1.165) is 34.1 Å². The highest BCUT2D eigenvalue weighted by molar-refractivity contribution is 6.03. The lowest BCUT2D eigenvalue weighted by Crippen LogP contribution is -2.26. The number of anilines is 6. The van der Waals surface area contributed by atoms with Gasteiger partial charge in [-0.1, -0.05) is 194 Å². The molecule has 0 atom stereocenters. The van der Waals surface area contributed by atoms with Crippen LogP contribution in [0.5, 0.6) is 0 Å². The standard InChI is InChI=1S/C61H42N2/c1-5-19-43(20-6-1)44-33-35-45(36-34-44)46-37-39-50(40-38-46)62(47-21-7-2-8-22-47)51-41-58-60(59(42-51)63(48-23-9-3-10-24-48)49-25-11-4-12-26-49)54-29-15-18-32-57(54)61(58)55-30-16-13-27-52(55)53-28-14-17-31-56(53)61/h1-42H. The Hall–Kier alpha value is -8.20. The van der Waals surface area contributed by atoms with Crippen molar-refractivity contribution in [2.24, 2.45) is 0 Å². The minimum absolute atomic E-state index is 0.541. The molecule has 0 saturated heterocycles. The van der Waals surface area contributed by atoms with Gasteiger partial charge in [-0.2, -0.15) is 0 Å². The van der Waals surface area contributed by atoms with Crippen molar-refractivity contribution in [3.63, 3.8) is 0 Å². The van der Waals surface area contributed by atoms with Gasteiger partial charge in [0.05, 0.1) is 11.1 Å². The number of nitrogens with zero attached hydrogens (tertiary/aromatic N) is 2. The molecule has 1 spiro atoms. The molecule has 63 heavy (non-hydrogen) atoms. The summed E-state index contributed by atoms with van der Waals surface area (Å²) in [7, 11) is 0. The molecule has 0 heterocycles. The Morgan fingerprint density at radius 3 is 1.08 bits per heavy atom. The van der Waals surface area contributed by atoms with Gasteiger partial charge >= 0.3 is 0 Å². The number of benzene rings is 10. The first-order chi connectivity index (χ1) is 31.3. The number of fused-ring (bicyclic) bond motifs is 10. The molecule has 2 nitrogen and oxygen atoms in total. The first-order valence-electron chi connectivity index (χ1n) is 21.8. The zero-order valence-electron chi connectivity index (χ0n) is 34.6. The molecule has 0 aliphatic heterocycles. The molecular weight excluding hydrogens is 761 g/mol. The molecule has 0 saturated carbocycles. The van der Waals surface area contributed by atoms with Gasteiger partial charge in [0.1, 0.15) is 0 Å². The molecule has 2 aliphatic carbocycles. The number of rotatable bonds is 8. The Kier molecular flexibility index (Phi) is 8.76. The van der Waals surface area contributed by atoms with Gasteiger partial charge < -0.3 is 9.80 Å². The molecule has 2 heteroatoms. The largest absolute Gasteiger partial charge is 0.310 e. The van der Waals surface area contributed by atoms with Crippen LogP contribution in [-0.4, -0.2) is 0 Å². The molecule has 0 aromatic heterocycles. The predicted molar refractivity (Wildman–Crippen MR) is 263 cm³/mol. The van der Waals surface area contributed by atoms with E-state index in [1.54, 1.807) is 0 Å². The lowest BCUT2D eigenvalue weighted by Gasteiger charge is -2.34. The van der Waals surface area contributed by atoms with Crippen LogP contribution in [0.4, 0.5) is 34.1 Å². The minimum atomic E-state index is -0.541. The van der Waals surface area contributed by atoms with Gasteiger partial charge in [-0.25, -0.2) is 0 Å². The van der Waals surface area contributed by atoms with E-state index in [1.165, 1.54) is 66.8 Å². The average Bonchev–Trinajstić information content (AvgIpc) is 3.83. The zero-order valence-corrected chi connectivity index (χ0v) is 34.6. The van der Waals surface area contributed by atoms with Gasteiger partial charge in [0.15, 0.2) is 0 Å².